The van der Waals surface area contributed by atoms with Gasteiger partial charge in [0, 0.05) is 11.8 Å². The Morgan fingerprint density at radius 3 is 2.59 bits per heavy atom. The standard InChI is InChI=1S/C13H22N4/c1-4-9-5-6-10(7-9)12-15-11(8(2)3)16-13(14)17-12/h8-10H,4-7H2,1-3H3,(H2,14,15,16,17). The highest BCUT2D eigenvalue weighted by Gasteiger charge is 2.27. The Hall–Kier alpha value is -1.19. The van der Waals surface area contributed by atoms with Gasteiger partial charge in [-0.1, -0.05) is 27.2 Å². The van der Waals surface area contributed by atoms with E-state index in [2.05, 4.69) is 35.7 Å². The van der Waals surface area contributed by atoms with Crippen molar-refractivity contribution in [1.29, 1.82) is 0 Å². The van der Waals surface area contributed by atoms with Crippen LogP contribution in [-0.2, 0) is 0 Å². The van der Waals surface area contributed by atoms with Crippen LogP contribution in [0.4, 0.5) is 5.95 Å². The van der Waals surface area contributed by atoms with E-state index in [1.54, 1.807) is 0 Å². The summed E-state index contributed by atoms with van der Waals surface area (Å²) >= 11 is 0. The van der Waals surface area contributed by atoms with Crippen molar-refractivity contribution < 1.29 is 0 Å². The van der Waals surface area contributed by atoms with Gasteiger partial charge in [-0.3, -0.25) is 0 Å². The molecule has 0 aliphatic heterocycles. The maximum absolute atomic E-state index is 5.77. The zero-order valence-corrected chi connectivity index (χ0v) is 11.0. The number of rotatable bonds is 3. The lowest BCUT2D eigenvalue weighted by Gasteiger charge is -2.12. The molecule has 0 amide bonds. The normalized spacial score (nSPS) is 24.5. The third-order valence-electron chi connectivity index (χ3n) is 3.69. The molecule has 0 bridgehead atoms. The second kappa shape index (κ2) is 4.98. The van der Waals surface area contributed by atoms with E-state index in [1.165, 1.54) is 25.7 Å². The first-order valence-electron chi connectivity index (χ1n) is 6.61. The second-order valence-electron chi connectivity index (χ2n) is 5.35. The summed E-state index contributed by atoms with van der Waals surface area (Å²) in [6.45, 7) is 6.43. The molecule has 2 rings (SSSR count). The quantitative estimate of drug-likeness (QED) is 0.873. The predicted octanol–water partition coefficient (Wildman–Crippen LogP) is 2.87. The van der Waals surface area contributed by atoms with E-state index in [4.69, 9.17) is 5.73 Å². The molecule has 4 heteroatoms. The number of nitrogens with zero attached hydrogens (tertiary/aromatic N) is 3. The summed E-state index contributed by atoms with van der Waals surface area (Å²) in [5.74, 6) is 3.74. The van der Waals surface area contributed by atoms with Crippen LogP contribution in [0.25, 0.3) is 0 Å². The number of hydrogen-bond donors (Lipinski definition) is 1. The molecule has 2 N–H and O–H groups in total. The first-order valence-corrected chi connectivity index (χ1v) is 6.61. The maximum atomic E-state index is 5.77. The maximum Gasteiger partial charge on any atom is 0.223 e. The largest absolute Gasteiger partial charge is 0.368 e. The Balaban J connectivity index is 2.21. The van der Waals surface area contributed by atoms with Gasteiger partial charge in [0.05, 0.1) is 0 Å². The SMILES string of the molecule is CCC1CCC(c2nc(N)nc(C(C)C)n2)C1. The molecule has 0 aromatic carbocycles. The zero-order chi connectivity index (χ0) is 12.4. The van der Waals surface area contributed by atoms with Crippen LogP contribution in [0.2, 0.25) is 0 Å². The van der Waals surface area contributed by atoms with E-state index in [9.17, 15) is 0 Å². The minimum atomic E-state index is 0.308. The molecule has 1 fully saturated rings. The van der Waals surface area contributed by atoms with E-state index in [-0.39, 0.29) is 0 Å². The summed E-state index contributed by atoms with van der Waals surface area (Å²) in [6, 6.07) is 0. The summed E-state index contributed by atoms with van der Waals surface area (Å²) in [7, 11) is 0. The first kappa shape index (κ1) is 12.3. The monoisotopic (exact) mass is 234 g/mol. The summed E-state index contributed by atoms with van der Waals surface area (Å²) in [4.78, 5) is 13.1. The number of hydrogen-bond acceptors (Lipinski definition) is 4. The molecule has 1 aromatic heterocycles. The molecule has 1 heterocycles. The molecule has 0 spiro atoms. The third kappa shape index (κ3) is 2.73. The number of aromatic nitrogens is 3. The van der Waals surface area contributed by atoms with Crippen molar-refractivity contribution in [2.75, 3.05) is 5.73 Å². The van der Waals surface area contributed by atoms with Gasteiger partial charge in [0.1, 0.15) is 11.6 Å². The van der Waals surface area contributed by atoms with Crippen molar-refractivity contribution in [3.05, 3.63) is 11.6 Å². The third-order valence-corrected chi connectivity index (χ3v) is 3.69. The molecule has 0 saturated heterocycles. The predicted molar refractivity (Wildman–Crippen MR) is 68.7 cm³/mol. The smallest absolute Gasteiger partial charge is 0.223 e. The van der Waals surface area contributed by atoms with E-state index in [1.807, 2.05) is 0 Å². The van der Waals surface area contributed by atoms with E-state index >= 15 is 0 Å². The van der Waals surface area contributed by atoms with Crippen molar-refractivity contribution in [1.82, 2.24) is 15.0 Å². The van der Waals surface area contributed by atoms with Gasteiger partial charge in [0.2, 0.25) is 5.95 Å². The number of anilines is 1. The van der Waals surface area contributed by atoms with Gasteiger partial charge in [-0.2, -0.15) is 9.97 Å². The Bertz CT molecular complexity index is 389. The molecule has 2 unspecified atom stereocenters. The Morgan fingerprint density at radius 2 is 2.00 bits per heavy atom. The van der Waals surface area contributed by atoms with Crippen LogP contribution in [0.3, 0.4) is 0 Å². The highest BCUT2D eigenvalue weighted by Crippen LogP contribution is 2.38. The molecule has 0 radical (unpaired) electrons. The van der Waals surface area contributed by atoms with Crippen LogP contribution >= 0.6 is 0 Å². The summed E-state index contributed by atoms with van der Waals surface area (Å²) in [5.41, 5.74) is 5.77. The highest BCUT2D eigenvalue weighted by molar-refractivity contribution is 5.19. The van der Waals surface area contributed by atoms with Crippen molar-refractivity contribution >= 4 is 5.95 Å². The van der Waals surface area contributed by atoms with Gasteiger partial charge in [-0.25, -0.2) is 4.98 Å². The molecular weight excluding hydrogens is 212 g/mol. The average molecular weight is 234 g/mol. The van der Waals surface area contributed by atoms with Crippen LogP contribution in [0.1, 0.15) is 69.9 Å². The van der Waals surface area contributed by atoms with Gasteiger partial charge in [-0.15, -0.1) is 0 Å². The van der Waals surface area contributed by atoms with E-state index < -0.39 is 0 Å². The lowest BCUT2D eigenvalue weighted by atomic mass is 10.0. The molecule has 1 saturated carbocycles. The lowest BCUT2D eigenvalue weighted by molar-refractivity contribution is 0.515. The van der Waals surface area contributed by atoms with Crippen LogP contribution in [-0.4, -0.2) is 15.0 Å². The molecule has 1 aliphatic rings. The van der Waals surface area contributed by atoms with Crippen molar-refractivity contribution in [3.63, 3.8) is 0 Å². The van der Waals surface area contributed by atoms with Gasteiger partial charge in [-0.05, 0) is 25.2 Å². The van der Waals surface area contributed by atoms with Crippen LogP contribution in [0.5, 0.6) is 0 Å². The lowest BCUT2D eigenvalue weighted by Crippen LogP contribution is -2.11. The fourth-order valence-electron chi connectivity index (χ4n) is 2.55. The molecule has 17 heavy (non-hydrogen) atoms. The van der Waals surface area contributed by atoms with E-state index in [0.717, 1.165) is 17.6 Å². The Morgan fingerprint density at radius 1 is 1.24 bits per heavy atom. The minimum Gasteiger partial charge on any atom is -0.368 e. The van der Waals surface area contributed by atoms with Crippen molar-refractivity contribution in [2.45, 2.75) is 58.3 Å². The fraction of sp³-hybridized carbons (Fsp3) is 0.769. The minimum absolute atomic E-state index is 0.308. The van der Waals surface area contributed by atoms with E-state index in [0.29, 0.717) is 17.8 Å². The van der Waals surface area contributed by atoms with Gasteiger partial charge in [0.25, 0.3) is 0 Å². The Labute approximate surface area is 103 Å². The first-order chi connectivity index (χ1) is 8.10. The molecular formula is C13H22N4. The van der Waals surface area contributed by atoms with Crippen LogP contribution in [0, 0.1) is 5.92 Å². The summed E-state index contributed by atoms with van der Waals surface area (Å²) in [6.07, 6.45) is 4.95. The Kier molecular flexibility index (Phi) is 3.60. The molecule has 2 atom stereocenters. The van der Waals surface area contributed by atoms with Crippen LogP contribution in [0.15, 0.2) is 0 Å². The molecule has 1 aromatic rings. The van der Waals surface area contributed by atoms with Gasteiger partial charge < -0.3 is 5.73 Å². The fourth-order valence-corrected chi connectivity index (χ4v) is 2.55. The summed E-state index contributed by atoms with van der Waals surface area (Å²) < 4.78 is 0. The van der Waals surface area contributed by atoms with Gasteiger partial charge in [0.15, 0.2) is 0 Å². The number of nitrogen functional groups attached to an aromatic ring is 1. The highest BCUT2D eigenvalue weighted by atomic mass is 15.1. The molecule has 94 valence electrons. The number of nitrogens with two attached hydrogens (primary N) is 1. The average Bonchev–Trinajstić information content (AvgIpc) is 2.76. The second-order valence-corrected chi connectivity index (χ2v) is 5.35. The topological polar surface area (TPSA) is 64.7 Å². The van der Waals surface area contributed by atoms with Crippen molar-refractivity contribution in [3.8, 4) is 0 Å². The van der Waals surface area contributed by atoms with Gasteiger partial charge >= 0.3 is 0 Å². The molecule has 1 aliphatic carbocycles. The zero-order valence-electron chi connectivity index (χ0n) is 11.0. The van der Waals surface area contributed by atoms with Crippen LogP contribution < -0.4 is 5.73 Å². The summed E-state index contributed by atoms with van der Waals surface area (Å²) in [5, 5.41) is 0. The molecule has 4 nitrogen and oxygen atoms in total. The van der Waals surface area contributed by atoms with Crippen molar-refractivity contribution in [2.24, 2.45) is 5.92 Å².